The number of nitro groups is 1. The quantitative estimate of drug-likeness (QED) is 0.429. The summed E-state index contributed by atoms with van der Waals surface area (Å²) in [4.78, 5) is 27.9. The third kappa shape index (κ3) is 2.48. The number of aliphatic hydroxyl groups excluding tert-OH is 1. The molecule has 0 spiro atoms. The standard InChI is InChI=1S/C22H15N3O4/c26-20(15-9-3-6-12-18(15)25(28)29)19-13-7-1-2-8-14(13)21-23-22(27)16-10-4-5-11-17(16)24(19)21/h1-12,19-20,26H. The number of aliphatic hydroxyl groups is 1. The number of rotatable bonds is 3. The molecule has 2 atom stereocenters. The van der Waals surface area contributed by atoms with Crippen LogP contribution in [0.4, 0.5) is 5.69 Å². The highest BCUT2D eigenvalue weighted by Crippen LogP contribution is 2.46. The van der Waals surface area contributed by atoms with Crippen LogP contribution >= 0.6 is 0 Å². The van der Waals surface area contributed by atoms with E-state index in [-0.39, 0.29) is 16.8 Å². The number of fused-ring (bicyclic) bond motifs is 5. The molecule has 1 aliphatic heterocycles. The van der Waals surface area contributed by atoms with Crippen molar-refractivity contribution >= 4 is 16.6 Å². The van der Waals surface area contributed by atoms with E-state index in [1.165, 1.54) is 6.07 Å². The third-order valence-corrected chi connectivity index (χ3v) is 5.38. The molecule has 3 aromatic carbocycles. The predicted octanol–water partition coefficient (Wildman–Crippen LogP) is 3.61. The van der Waals surface area contributed by atoms with Crippen LogP contribution in [0.5, 0.6) is 0 Å². The summed E-state index contributed by atoms with van der Waals surface area (Å²) in [6.45, 7) is 0. The summed E-state index contributed by atoms with van der Waals surface area (Å²) in [6.07, 6.45) is -1.20. The molecule has 1 aromatic heterocycles. The van der Waals surface area contributed by atoms with Crippen LogP contribution in [0.3, 0.4) is 0 Å². The largest absolute Gasteiger partial charge is 0.386 e. The first-order valence-electron chi connectivity index (χ1n) is 9.10. The maximum Gasteiger partial charge on any atom is 0.281 e. The van der Waals surface area contributed by atoms with Crippen molar-refractivity contribution in [1.29, 1.82) is 0 Å². The fourth-order valence-corrected chi connectivity index (χ4v) is 4.14. The van der Waals surface area contributed by atoms with Crippen LogP contribution in [0, 0.1) is 10.1 Å². The zero-order valence-electron chi connectivity index (χ0n) is 15.1. The van der Waals surface area contributed by atoms with Crippen LogP contribution in [0.25, 0.3) is 22.3 Å². The summed E-state index contributed by atoms with van der Waals surface area (Å²) in [7, 11) is 0. The second kappa shape index (κ2) is 6.35. The van der Waals surface area contributed by atoms with Gasteiger partial charge in [-0.15, -0.1) is 0 Å². The van der Waals surface area contributed by atoms with Gasteiger partial charge < -0.3 is 9.67 Å². The van der Waals surface area contributed by atoms with E-state index in [4.69, 9.17) is 0 Å². The molecule has 2 unspecified atom stereocenters. The second-order valence-corrected chi connectivity index (χ2v) is 6.92. The van der Waals surface area contributed by atoms with Crippen LogP contribution in [-0.4, -0.2) is 19.6 Å². The van der Waals surface area contributed by atoms with Gasteiger partial charge in [-0.25, -0.2) is 0 Å². The number of hydrogen-bond acceptors (Lipinski definition) is 5. The van der Waals surface area contributed by atoms with Gasteiger partial charge in [-0.1, -0.05) is 48.5 Å². The van der Waals surface area contributed by atoms with Crippen molar-refractivity contribution in [1.82, 2.24) is 9.55 Å². The minimum Gasteiger partial charge on any atom is -0.386 e. The highest BCUT2D eigenvalue weighted by molar-refractivity contribution is 5.83. The normalized spacial score (nSPS) is 15.7. The Labute approximate surface area is 164 Å². The van der Waals surface area contributed by atoms with Crippen LogP contribution in [-0.2, 0) is 0 Å². The molecule has 0 saturated carbocycles. The van der Waals surface area contributed by atoms with E-state index in [0.29, 0.717) is 16.7 Å². The van der Waals surface area contributed by atoms with Crippen molar-refractivity contribution < 1.29 is 10.0 Å². The first-order valence-corrected chi connectivity index (χ1v) is 9.10. The average Bonchev–Trinajstić information content (AvgIpc) is 3.08. The summed E-state index contributed by atoms with van der Waals surface area (Å²) < 4.78 is 1.81. The first kappa shape index (κ1) is 17.3. The Balaban J connectivity index is 1.83. The van der Waals surface area contributed by atoms with Gasteiger partial charge >= 0.3 is 0 Å². The number of benzene rings is 3. The summed E-state index contributed by atoms with van der Waals surface area (Å²) in [5.41, 5.74) is 1.85. The Morgan fingerprint density at radius 3 is 2.52 bits per heavy atom. The molecule has 4 aromatic rings. The molecule has 142 valence electrons. The van der Waals surface area contributed by atoms with Gasteiger partial charge in [-0.3, -0.25) is 14.9 Å². The van der Waals surface area contributed by atoms with E-state index in [9.17, 15) is 20.0 Å². The topological polar surface area (TPSA) is 98.3 Å². The van der Waals surface area contributed by atoms with Gasteiger partial charge in [-0.05, 0) is 23.8 Å². The summed E-state index contributed by atoms with van der Waals surface area (Å²) >= 11 is 0. The SMILES string of the molecule is O=c1nc2n(c3ccccc13)C(C(O)c1ccccc1[N+](=O)[O-])c1ccccc1-2. The zero-order valence-corrected chi connectivity index (χ0v) is 15.1. The Hall–Kier alpha value is -3.84. The molecule has 1 N–H and O–H groups in total. The van der Waals surface area contributed by atoms with E-state index in [1.54, 1.807) is 36.4 Å². The Morgan fingerprint density at radius 2 is 1.69 bits per heavy atom. The minimum atomic E-state index is -1.20. The minimum absolute atomic E-state index is 0.149. The van der Waals surface area contributed by atoms with Crippen LogP contribution < -0.4 is 5.56 Å². The Bertz CT molecular complexity index is 1350. The highest BCUT2D eigenvalue weighted by atomic mass is 16.6. The molecule has 29 heavy (non-hydrogen) atoms. The molecule has 2 heterocycles. The van der Waals surface area contributed by atoms with Crippen LogP contribution in [0.15, 0.2) is 77.6 Å². The van der Waals surface area contributed by atoms with E-state index >= 15 is 0 Å². The first-order chi connectivity index (χ1) is 14.1. The molecule has 0 radical (unpaired) electrons. The van der Waals surface area contributed by atoms with Crippen molar-refractivity contribution in [2.24, 2.45) is 0 Å². The summed E-state index contributed by atoms with van der Waals surface area (Å²) in [5.74, 6) is 0.451. The monoisotopic (exact) mass is 385 g/mol. The molecule has 0 aliphatic carbocycles. The summed E-state index contributed by atoms with van der Waals surface area (Å²) in [6, 6.07) is 19.9. The highest BCUT2D eigenvalue weighted by Gasteiger charge is 2.38. The molecule has 0 bridgehead atoms. The van der Waals surface area contributed by atoms with Crippen molar-refractivity contribution in [3.05, 3.63) is 104 Å². The molecule has 0 saturated heterocycles. The molecular weight excluding hydrogens is 370 g/mol. The third-order valence-electron chi connectivity index (χ3n) is 5.38. The average molecular weight is 385 g/mol. The van der Waals surface area contributed by atoms with Gasteiger partial charge in [0.1, 0.15) is 11.9 Å². The van der Waals surface area contributed by atoms with Gasteiger partial charge in [0.2, 0.25) is 0 Å². The van der Waals surface area contributed by atoms with Gasteiger partial charge in [0.25, 0.3) is 11.2 Å². The second-order valence-electron chi connectivity index (χ2n) is 6.92. The lowest BCUT2D eigenvalue weighted by Gasteiger charge is -2.24. The number of hydrogen-bond donors (Lipinski definition) is 1. The Morgan fingerprint density at radius 1 is 1.00 bits per heavy atom. The van der Waals surface area contributed by atoms with E-state index in [1.807, 2.05) is 34.9 Å². The van der Waals surface area contributed by atoms with E-state index < -0.39 is 17.1 Å². The predicted molar refractivity (Wildman–Crippen MR) is 108 cm³/mol. The van der Waals surface area contributed by atoms with Gasteiger partial charge in [0.05, 0.1) is 27.4 Å². The lowest BCUT2D eigenvalue weighted by molar-refractivity contribution is -0.386. The fourth-order valence-electron chi connectivity index (χ4n) is 4.14. The number of aromatic nitrogens is 2. The maximum atomic E-state index is 12.6. The molecule has 7 nitrogen and oxygen atoms in total. The zero-order chi connectivity index (χ0) is 20.1. The van der Waals surface area contributed by atoms with Crippen LogP contribution in [0.1, 0.15) is 23.3 Å². The van der Waals surface area contributed by atoms with E-state index in [2.05, 4.69) is 4.98 Å². The van der Waals surface area contributed by atoms with Gasteiger partial charge in [0.15, 0.2) is 0 Å². The van der Waals surface area contributed by atoms with E-state index in [0.717, 1.165) is 11.1 Å². The maximum absolute atomic E-state index is 12.6. The number of nitro benzene ring substituents is 1. The van der Waals surface area contributed by atoms with Crippen molar-refractivity contribution in [3.63, 3.8) is 0 Å². The van der Waals surface area contributed by atoms with Crippen molar-refractivity contribution in [2.45, 2.75) is 12.1 Å². The molecular formula is C22H15N3O4. The summed E-state index contributed by atoms with van der Waals surface area (Å²) in [5, 5.41) is 23.3. The molecule has 0 fully saturated rings. The van der Waals surface area contributed by atoms with Gasteiger partial charge in [0, 0.05) is 11.6 Å². The number of nitrogens with zero attached hydrogens (tertiary/aromatic N) is 3. The van der Waals surface area contributed by atoms with Crippen molar-refractivity contribution in [3.8, 4) is 11.4 Å². The lowest BCUT2D eigenvalue weighted by Crippen LogP contribution is -2.21. The van der Waals surface area contributed by atoms with Crippen molar-refractivity contribution in [2.75, 3.05) is 0 Å². The van der Waals surface area contributed by atoms with Gasteiger partial charge in [-0.2, -0.15) is 4.98 Å². The molecule has 1 aliphatic rings. The fraction of sp³-hybridized carbons (Fsp3) is 0.0909. The van der Waals surface area contributed by atoms with Crippen LogP contribution in [0.2, 0.25) is 0 Å². The smallest absolute Gasteiger partial charge is 0.281 e. The molecule has 7 heteroatoms. The molecule has 5 rings (SSSR count). The molecule has 0 amide bonds. The Kier molecular flexibility index (Phi) is 3.78. The number of para-hydroxylation sites is 2. The lowest BCUT2D eigenvalue weighted by atomic mass is 9.94.